The Labute approximate surface area is 130 Å². The Morgan fingerprint density at radius 1 is 1.19 bits per heavy atom. The third kappa shape index (κ3) is 4.43. The first-order valence-electron chi connectivity index (χ1n) is 8.92. The van der Waals surface area contributed by atoms with Crippen LogP contribution in [0.25, 0.3) is 0 Å². The molecule has 0 aromatic carbocycles. The summed E-state index contributed by atoms with van der Waals surface area (Å²) in [6.07, 6.45) is 9.86. The fourth-order valence-electron chi connectivity index (χ4n) is 4.10. The predicted octanol–water partition coefficient (Wildman–Crippen LogP) is 2.37. The number of carbonyl (C=O) groups is 1. The fraction of sp³-hybridized carbons (Fsp3) is 0.941. The highest BCUT2D eigenvalue weighted by molar-refractivity contribution is 5.78. The highest BCUT2D eigenvalue weighted by Gasteiger charge is 2.30. The molecule has 4 nitrogen and oxygen atoms in total. The molecule has 1 amide bonds. The Hall–Kier alpha value is -0.610. The van der Waals surface area contributed by atoms with Crippen LogP contribution in [0.15, 0.2) is 0 Å². The van der Waals surface area contributed by atoms with Crippen molar-refractivity contribution in [2.24, 2.45) is 5.73 Å². The molecule has 0 spiro atoms. The Morgan fingerprint density at radius 2 is 1.86 bits per heavy atom. The molecule has 0 aromatic rings. The lowest BCUT2D eigenvalue weighted by Crippen LogP contribution is -2.54. The molecule has 1 saturated heterocycles. The Bertz CT molecular complexity index is 326. The average molecular weight is 295 g/mol. The van der Waals surface area contributed by atoms with Crippen molar-refractivity contribution < 1.29 is 4.79 Å². The number of nitrogens with zero attached hydrogens (tertiary/aromatic N) is 2. The average Bonchev–Trinajstić information content (AvgIpc) is 2.49. The van der Waals surface area contributed by atoms with Crippen LogP contribution in [-0.4, -0.2) is 53.5 Å². The molecular formula is C17H33N3O. The van der Waals surface area contributed by atoms with Crippen LogP contribution in [0.1, 0.15) is 65.2 Å². The van der Waals surface area contributed by atoms with E-state index in [4.69, 9.17) is 5.73 Å². The number of piperidine rings is 1. The Balaban J connectivity index is 1.93. The fourth-order valence-corrected chi connectivity index (χ4v) is 4.10. The molecule has 0 radical (unpaired) electrons. The SMILES string of the molecule is CCN(C(=O)CN1CCCCC1C(C)N)C1CCCCC1. The number of amides is 1. The second-order valence-electron chi connectivity index (χ2n) is 6.86. The van der Waals surface area contributed by atoms with Gasteiger partial charge in [0.25, 0.3) is 0 Å². The van der Waals surface area contributed by atoms with E-state index >= 15 is 0 Å². The van der Waals surface area contributed by atoms with E-state index in [1.54, 1.807) is 0 Å². The van der Waals surface area contributed by atoms with Crippen LogP contribution in [0.4, 0.5) is 0 Å². The standard InChI is InChI=1S/C17H33N3O/c1-3-20(15-9-5-4-6-10-15)17(21)13-19-12-8-7-11-16(19)14(2)18/h14-16H,3-13,18H2,1-2H3. The normalized spacial score (nSPS) is 26.5. The van der Waals surface area contributed by atoms with E-state index in [1.165, 1.54) is 44.9 Å². The van der Waals surface area contributed by atoms with Crippen LogP contribution in [0.2, 0.25) is 0 Å². The van der Waals surface area contributed by atoms with Gasteiger partial charge < -0.3 is 10.6 Å². The molecule has 2 unspecified atom stereocenters. The van der Waals surface area contributed by atoms with Gasteiger partial charge in [-0.2, -0.15) is 0 Å². The van der Waals surface area contributed by atoms with Crippen molar-refractivity contribution in [3.05, 3.63) is 0 Å². The van der Waals surface area contributed by atoms with Gasteiger partial charge in [-0.1, -0.05) is 25.7 Å². The van der Waals surface area contributed by atoms with Crippen molar-refractivity contribution in [1.29, 1.82) is 0 Å². The summed E-state index contributed by atoms with van der Waals surface area (Å²) in [7, 11) is 0. The van der Waals surface area contributed by atoms with Crippen molar-refractivity contribution in [2.45, 2.75) is 83.3 Å². The minimum Gasteiger partial charge on any atom is -0.339 e. The summed E-state index contributed by atoms with van der Waals surface area (Å²) in [5.41, 5.74) is 6.12. The van der Waals surface area contributed by atoms with Gasteiger partial charge in [-0.05, 0) is 46.1 Å². The van der Waals surface area contributed by atoms with E-state index in [-0.39, 0.29) is 6.04 Å². The van der Waals surface area contributed by atoms with Gasteiger partial charge in [0.2, 0.25) is 5.91 Å². The molecule has 2 rings (SSSR count). The van der Waals surface area contributed by atoms with Crippen molar-refractivity contribution >= 4 is 5.91 Å². The van der Waals surface area contributed by atoms with E-state index in [9.17, 15) is 4.79 Å². The van der Waals surface area contributed by atoms with Crippen molar-refractivity contribution in [3.63, 3.8) is 0 Å². The van der Waals surface area contributed by atoms with Crippen molar-refractivity contribution in [2.75, 3.05) is 19.6 Å². The summed E-state index contributed by atoms with van der Waals surface area (Å²) in [5.74, 6) is 0.317. The number of nitrogens with two attached hydrogens (primary N) is 1. The van der Waals surface area contributed by atoms with Crippen LogP contribution in [0, 0.1) is 0 Å². The molecule has 0 aromatic heterocycles. The minimum atomic E-state index is 0.155. The summed E-state index contributed by atoms with van der Waals surface area (Å²) in [6.45, 7) is 6.63. The van der Waals surface area contributed by atoms with Gasteiger partial charge in [-0.25, -0.2) is 0 Å². The second kappa shape index (κ2) is 8.14. The maximum atomic E-state index is 12.8. The molecule has 0 bridgehead atoms. The molecular weight excluding hydrogens is 262 g/mol. The number of likely N-dealkylation sites (tertiary alicyclic amines) is 1. The zero-order chi connectivity index (χ0) is 15.2. The number of rotatable bonds is 5. The van der Waals surface area contributed by atoms with Crippen LogP contribution < -0.4 is 5.73 Å². The van der Waals surface area contributed by atoms with Crippen LogP contribution in [-0.2, 0) is 4.79 Å². The molecule has 1 saturated carbocycles. The monoisotopic (exact) mass is 295 g/mol. The largest absolute Gasteiger partial charge is 0.339 e. The lowest BCUT2D eigenvalue weighted by Gasteiger charge is -2.40. The molecule has 2 aliphatic rings. The van der Waals surface area contributed by atoms with Crippen molar-refractivity contribution in [1.82, 2.24) is 9.80 Å². The van der Waals surface area contributed by atoms with Gasteiger partial charge in [0.1, 0.15) is 0 Å². The molecule has 2 N–H and O–H groups in total. The quantitative estimate of drug-likeness (QED) is 0.847. The van der Waals surface area contributed by atoms with Gasteiger partial charge >= 0.3 is 0 Å². The van der Waals surface area contributed by atoms with Crippen LogP contribution >= 0.6 is 0 Å². The molecule has 122 valence electrons. The number of carbonyl (C=O) groups excluding carboxylic acids is 1. The summed E-state index contributed by atoms with van der Waals surface area (Å²) >= 11 is 0. The van der Waals surface area contributed by atoms with E-state index in [2.05, 4.69) is 23.6 Å². The van der Waals surface area contributed by atoms with E-state index in [0.717, 1.165) is 19.5 Å². The lowest BCUT2D eigenvalue weighted by molar-refractivity contribution is -0.136. The number of hydrogen-bond acceptors (Lipinski definition) is 3. The van der Waals surface area contributed by atoms with E-state index in [1.807, 2.05) is 0 Å². The first-order chi connectivity index (χ1) is 10.1. The first-order valence-corrected chi connectivity index (χ1v) is 8.92. The highest BCUT2D eigenvalue weighted by atomic mass is 16.2. The summed E-state index contributed by atoms with van der Waals surface area (Å²) in [6, 6.07) is 1.02. The maximum absolute atomic E-state index is 12.8. The minimum absolute atomic E-state index is 0.155. The summed E-state index contributed by atoms with van der Waals surface area (Å²) < 4.78 is 0. The molecule has 4 heteroatoms. The van der Waals surface area contributed by atoms with Gasteiger partial charge in [0, 0.05) is 24.7 Å². The van der Waals surface area contributed by atoms with Crippen LogP contribution in [0.3, 0.4) is 0 Å². The van der Waals surface area contributed by atoms with E-state index < -0.39 is 0 Å². The highest BCUT2D eigenvalue weighted by Crippen LogP contribution is 2.24. The molecule has 1 aliphatic heterocycles. The topological polar surface area (TPSA) is 49.6 Å². The van der Waals surface area contributed by atoms with E-state index in [0.29, 0.717) is 24.5 Å². The zero-order valence-corrected chi connectivity index (χ0v) is 13.9. The first kappa shape index (κ1) is 16.8. The van der Waals surface area contributed by atoms with Gasteiger partial charge in [0.15, 0.2) is 0 Å². The molecule has 21 heavy (non-hydrogen) atoms. The zero-order valence-electron chi connectivity index (χ0n) is 13.9. The summed E-state index contributed by atoms with van der Waals surface area (Å²) in [4.78, 5) is 17.2. The maximum Gasteiger partial charge on any atom is 0.236 e. The molecule has 2 fully saturated rings. The summed E-state index contributed by atoms with van der Waals surface area (Å²) in [5, 5.41) is 0. The van der Waals surface area contributed by atoms with Gasteiger partial charge in [0.05, 0.1) is 6.54 Å². The Kier molecular flexibility index (Phi) is 6.49. The molecule has 1 aliphatic carbocycles. The number of likely N-dealkylation sites (N-methyl/N-ethyl adjacent to an activating group) is 1. The smallest absolute Gasteiger partial charge is 0.236 e. The second-order valence-corrected chi connectivity index (χ2v) is 6.86. The van der Waals surface area contributed by atoms with Gasteiger partial charge in [-0.15, -0.1) is 0 Å². The Morgan fingerprint density at radius 3 is 2.48 bits per heavy atom. The lowest BCUT2D eigenvalue weighted by atomic mass is 9.93. The van der Waals surface area contributed by atoms with Crippen LogP contribution in [0.5, 0.6) is 0 Å². The van der Waals surface area contributed by atoms with Crippen molar-refractivity contribution in [3.8, 4) is 0 Å². The number of hydrogen-bond donors (Lipinski definition) is 1. The third-order valence-electron chi connectivity index (χ3n) is 5.29. The third-order valence-corrected chi connectivity index (χ3v) is 5.29. The van der Waals surface area contributed by atoms with Gasteiger partial charge in [-0.3, -0.25) is 9.69 Å². The predicted molar refractivity (Wildman–Crippen MR) is 87.1 cm³/mol. The molecule has 1 heterocycles. The molecule has 2 atom stereocenters.